The van der Waals surface area contributed by atoms with Gasteiger partial charge in [-0.3, -0.25) is 0 Å². The Labute approximate surface area is 168 Å². The summed E-state index contributed by atoms with van der Waals surface area (Å²) < 4.78 is 46.6. The Bertz CT molecular complexity index is 894. The first-order valence-corrected chi connectivity index (χ1v) is 13.5. The first-order chi connectivity index (χ1) is 12.2. The number of phenolic OH excluding ortho intramolecular Hbond substituents is 1. The second-order valence-corrected chi connectivity index (χ2v) is 11.9. The summed E-state index contributed by atoms with van der Waals surface area (Å²) in [6.07, 6.45) is 0. The summed E-state index contributed by atoms with van der Waals surface area (Å²) in [4.78, 5) is 10.7. The average Bonchev–Trinajstić information content (AvgIpc) is 2.45. The summed E-state index contributed by atoms with van der Waals surface area (Å²) in [5, 5.41) is 11.7. The predicted octanol–water partition coefficient (Wildman–Crippen LogP) is 1.62. The van der Waals surface area contributed by atoms with E-state index in [1.807, 2.05) is 18.2 Å². The van der Waals surface area contributed by atoms with Gasteiger partial charge in [0.05, 0.1) is 0 Å². The quantitative estimate of drug-likeness (QED) is 0.361. The van der Waals surface area contributed by atoms with Crippen LogP contribution in [0.5, 0.6) is 5.75 Å². The van der Waals surface area contributed by atoms with E-state index in [0.29, 0.717) is 0 Å². The fourth-order valence-electron chi connectivity index (χ4n) is 1.59. The number of anilines is 1. The third-order valence-corrected chi connectivity index (χ3v) is 4.66. The fourth-order valence-corrected chi connectivity index (χ4v) is 2.91. The molecule has 1 amide bonds. The molecule has 0 aromatic heterocycles. The SMILES string of the molecule is CC(=O)Nc1ccc([As](=O)(O)O)c(O)c1.Cc1ccccc1.O=S(=O)(Cl)Cl. The third-order valence-electron chi connectivity index (χ3n) is 2.55. The number of hydrogen-bond donors (Lipinski definition) is 4. The second-order valence-electron chi connectivity index (χ2n) is 4.96. The van der Waals surface area contributed by atoms with Gasteiger partial charge in [-0.25, -0.2) is 0 Å². The molecule has 0 radical (unpaired) electrons. The minimum Gasteiger partial charge on any atom is -0.195 e. The van der Waals surface area contributed by atoms with Gasteiger partial charge in [0.25, 0.3) is 0 Å². The molecule has 0 aliphatic rings. The van der Waals surface area contributed by atoms with Crippen LogP contribution in [0.4, 0.5) is 5.69 Å². The van der Waals surface area contributed by atoms with Crippen molar-refractivity contribution in [1.82, 2.24) is 0 Å². The molecule has 0 fully saturated rings. The van der Waals surface area contributed by atoms with Gasteiger partial charge in [0.15, 0.2) is 0 Å². The maximum absolute atomic E-state index is 10.9. The van der Waals surface area contributed by atoms with Crippen LogP contribution in [0, 0.1) is 6.92 Å². The zero-order valence-corrected chi connectivity index (χ0v) is 18.4. The zero-order chi connectivity index (χ0) is 21.3. The van der Waals surface area contributed by atoms with E-state index in [4.69, 9.17) is 16.6 Å². The second kappa shape index (κ2) is 11.4. The maximum Gasteiger partial charge on any atom is 0.317 e. The molecule has 12 heteroatoms. The Morgan fingerprint density at radius 2 is 1.56 bits per heavy atom. The molecule has 150 valence electrons. The number of carbonyl (C=O) groups excluding carboxylic acids is 1. The van der Waals surface area contributed by atoms with E-state index in [-0.39, 0.29) is 11.6 Å². The van der Waals surface area contributed by atoms with Crippen LogP contribution in [0.1, 0.15) is 12.5 Å². The smallest absolute Gasteiger partial charge is 0.195 e. The van der Waals surface area contributed by atoms with Gasteiger partial charge in [-0.15, -0.1) is 0 Å². The summed E-state index contributed by atoms with van der Waals surface area (Å²) in [6, 6.07) is 13.8. The van der Waals surface area contributed by atoms with E-state index in [0.717, 1.165) is 12.1 Å². The molecule has 0 spiro atoms. The molecule has 0 aliphatic heterocycles. The van der Waals surface area contributed by atoms with Gasteiger partial charge in [0.2, 0.25) is 0 Å². The molecule has 0 saturated heterocycles. The van der Waals surface area contributed by atoms with E-state index < -0.39 is 32.5 Å². The largest absolute Gasteiger partial charge is 0.317 e. The molecular weight excluding hydrogens is 484 g/mol. The number of halogens is 2. The number of amides is 1. The van der Waals surface area contributed by atoms with Crippen molar-refractivity contribution in [3.8, 4) is 5.75 Å². The average molecular weight is 502 g/mol. The van der Waals surface area contributed by atoms with Crippen LogP contribution < -0.4 is 9.67 Å². The van der Waals surface area contributed by atoms with E-state index in [1.165, 1.54) is 18.6 Å². The van der Waals surface area contributed by atoms with Crippen LogP contribution in [0.15, 0.2) is 48.5 Å². The zero-order valence-electron chi connectivity index (χ0n) is 14.2. The fraction of sp³-hybridized carbons (Fsp3) is 0.133. The van der Waals surface area contributed by atoms with E-state index in [2.05, 4.69) is 45.7 Å². The predicted molar refractivity (Wildman–Crippen MR) is 105 cm³/mol. The van der Waals surface area contributed by atoms with Gasteiger partial charge in [-0.2, -0.15) is 8.42 Å². The first kappa shape index (κ1) is 25.5. The van der Waals surface area contributed by atoms with Crippen molar-refractivity contribution >= 4 is 59.7 Å². The van der Waals surface area contributed by atoms with Gasteiger partial charge >= 0.3 is 96.4 Å². The number of carbonyl (C=O) groups is 1. The van der Waals surface area contributed by atoms with Crippen LogP contribution in [0.25, 0.3) is 0 Å². The number of phenols is 1. The van der Waals surface area contributed by atoms with Crippen molar-refractivity contribution in [3.63, 3.8) is 0 Å². The molecule has 4 N–H and O–H groups in total. The van der Waals surface area contributed by atoms with Crippen molar-refractivity contribution in [2.45, 2.75) is 13.8 Å². The van der Waals surface area contributed by atoms with E-state index in [1.54, 1.807) is 0 Å². The molecule has 0 bridgehead atoms. The van der Waals surface area contributed by atoms with Crippen LogP contribution in [-0.4, -0.2) is 41.8 Å². The van der Waals surface area contributed by atoms with Gasteiger partial charge in [-0.05, 0) is 6.92 Å². The molecule has 0 atom stereocenters. The minimum absolute atomic E-state index is 0.285. The minimum atomic E-state index is -5.09. The van der Waals surface area contributed by atoms with Crippen molar-refractivity contribution in [2.75, 3.05) is 5.32 Å². The topological polar surface area (TPSA) is 141 Å². The molecule has 2 aromatic carbocycles. The van der Waals surface area contributed by atoms with Gasteiger partial charge in [0.1, 0.15) is 0 Å². The summed E-state index contributed by atoms with van der Waals surface area (Å²) in [5.41, 5.74) is 1.61. The van der Waals surface area contributed by atoms with Crippen LogP contribution in [0.2, 0.25) is 0 Å². The molecule has 0 unspecified atom stereocenters. The number of aryl methyl sites for hydroxylation is 1. The summed E-state index contributed by atoms with van der Waals surface area (Å²) >= 11 is -5.09. The van der Waals surface area contributed by atoms with Crippen LogP contribution >= 0.6 is 21.4 Å². The summed E-state index contributed by atoms with van der Waals surface area (Å²) in [7, 11) is 4.81. The Balaban J connectivity index is 0.000000463. The van der Waals surface area contributed by atoms with Crippen LogP contribution in [-0.2, 0) is 16.8 Å². The Hall–Kier alpha value is -1.48. The molecule has 0 aliphatic carbocycles. The van der Waals surface area contributed by atoms with Crippen molar-refractivity contribution in [2.24, 2.45) is 0 Å². The molecule has 0 saturated carbocycles. The molecule has 27 heavy (non-hydrogen) atoms. The van der Waals surface area contributed by atoms with E-state index >= 15 is 0 Å². The van der Waals surface area contributed by atoms with Gasteiger partial charge < -0.3 is 0 Å². The third kappa shape index (κ3) is 14.3. The number of benzene rings is 2. The molecule has 8 nitrogen and oxygen atoms in total. The standard InChI is InChI=1S/C8H10AsNO5.C7H8.Cl2O2S/c1-5(11)10-6-2-3-7(8(12)4-6)9(13,14)15;1-7-5-3-2-4-6-7;1-5(2,3)4/h2-4,12H,1H3,(H,10,11)(H2,13,14,15);2-6H,1H3;. The van der Waals surface area contributed by atoms with Gasteiger partial charge in [-0.1, -0.05) is 35.9 Å². The number of hydrogen-bond acceptors (Lipinski definition) is 5. The summed E-state index contributed by atoms with van der Waals surface area (Å²) in [5.74, 6) is -0.850. The monoisotopic (exact) mass is 501 g/mol. The first-order valence-electron chi connectivity index (χ1n) is 7.02. The number of aromatic hydroxyl groups is 1. The van der Waals surface area contributed by atoms with Crippen molar-refractivity contribution in [3.05, 3.63) is 54.1 Å². The molecule has 0 heterocycles. The number of rotatable bonds is 2. The maximum atomic E-state index is 10.9. The van der Waals surface area contributed by atoms with Gasteiger partial charge in [0, 0.05) is 21.4 Å². The summed E-state index contributed by atoms with van der Waals surface area (Å²) in [6.45, 7) is 3.37. The van der Waals surface area contributed by atoms with E-state index in [9.17, 15) is 13.6 Å². The molecule has 2 aromatic rings. The Kier molecular flexibility index (Phi) is 10.8. The Morgan fingerprint density at radius 3 is 1.85 bits per heavy atom. The van der Waals surface area contributed by atoms with Crippen LogP contribution in [0.3, 0.4) is 0 Å². The Morgan fingerprint density at radius 1 is 1.07 bits per heavy atom. The molecule has 2 rings (SSSR count). The normalized spacial score (nSPS) is 10.6. The van der Waals surface area contributed by atoms with Crippen molar-refractivity contribution < 1.29 is 30.2 Å². The van der Waals surface area contributed by atoms with Crippen molar-refractivity contribution in [1.29, 1.82) is 0 Å². The number of nitrogens with one attached hydrogen (secondary N) is 1. The molecular formula is C15H18AsCl2NO7S.